The van der Waals surface area contributed by atoms with Crippen LogP contribution in [0.15, 0.2) is 12.7 Å². The molecule has 172 valence electrons. The second kappa shape index (κ2) is 15.0. The van der Waals surface area contributed by atoms with E-state index in [2.05, 4.69) is 13.5 Å². The molecule has 0 saturated heterocycles. The molecular formula is C24H40O6. The van der Waals surface area contributed by atoms with Gasteiger partial charge in [0.2, 0.25) is 5.60 Å². The van der Waals surface area contributed by atoms with Crippen molar-refractivity contribution in [2.75, 3.05) is 13.2 Å². The predicted molar refractivity (Wildman–Crippen MR) is 116 cm³/mol. The van der Waals surface area contributed by atoms with E-state index in [1.54, 1.807) is 0 Å². The first-order valence-corrected chi connectivity index (χ1v) is 11.7. The molecule has 0 aromatic rings. The molecule has 2 atom stereocenters. The molecule has 6 nitrogen and oxygen atoms in total. The Kier molecular flexibility index (Phi) is 13.1. The van der Waals surface area contributed by atoms with Gasteiger partial charge in [-0.15, -0.1) is 0 Å². The van der Waals surface area contributed by atoms with Crippen LogP contribution in [0.5, 0.6) is 0 Å². The van der Waals surface area contributed by atoms with Crippen molar-refractivity contribution in [1.82, 2.24) is 0 Å². The molecule has 0 amide bonds. The van der Waals surface area contributed by atoms with Gasteiger partial charge in [-0.2, -0.15) is 0 Å². The fourth-order valence-corrected chi connectivity index (χ4v) is 3.84. The van der Waals surface area contributed by atoms with Crippen molar-refractivity contribution >= 4 is 17.9 Å². The van der Waals surface area contributed by atoms with E-state index in [0.717, 1.165) is 38.2 Å². The smallest absolute Gasteiger partial charge is 0.351 e. The zero-order valence-electron chi connectivity index (χ0n) is 18.9. The van der Waals surface area contributed by atoms with Crippen molar-refractivity contribution in [3.63, 3.8) is 0 Å². The van der Waals surface area contributed by atoms with Gasteiger partial charge in [0.1, 0.15) is 5.92 Å². The molecule has 0 aromatic heterocycles. The number of esters is 3. The lowest BCUT2D eigenvalue weighted by Gasteiger charge is -2.39. The molecule has 30 heavy (non-hydrogen) atoms. The second-order valence-electron chi connectivity index (χ2n) is 8.09. The summed E-state index contributed by atoms with van der Waals surface area (Å²) in [6.07, 6.45) is 12.6. The molecule has 1 fully saturated rings. The van der Waals surface area contributed by atoms with Crippen molar-refractivity contribution < 1.29 is 28.6 Å². The maximum atomic E-state index is 12.9. The molecule has 0 bridgehead atoms. The minimum atomic E-state index is -1.62. The van der Waals surface area contributed by atoms with Crippen molar-refractivity contribution in [3.05, 3.63) is 12.7 Å². The van der Waals surface area contributed by atoms with Crippen LogP contribution in [0.25, 0.3) is 0 Å². The van der Waals surface area contributed by atoms with E-state index in [4.69, 9.17) is 14.2 Å². The van der Waals surface area contributed by atoms with E-state index in [1.807, 2.05) is 6.92 Å². The molecule has 0 radical (unpaired) electrons. The number of ether oxygens (including phenoxy) is 3. The van der Waals surface area contributed by atoms with Gasteiger partial charge in [0.15, 0.2) is 0 Å². The number of rotatable bonds is 15. The summed E-state index contributed by atoms with van der Waals surface area (Å²) < 4.78 is 16.4. The average molecular weight is 425 g/mol. The summed E-state index contributed by atoms with van der Waals surface area (Å²) in [5.74, 6) is -2.70. The first-order valence-electron chi connectivity index (χ1n) is 11.7. The van der Waals surface area contributed by atoms with Gasteiger partial charge < -0.3 is 14.2 Å². The SMILES string of the molecule is C=CC(=O)OC1(C(=O)OCCCC)CCCCC1C(=O)OCCCCCCCCC. The number of hydrogen-bond donors (Lipinski definition) is 0. The molecule has 6 heteroatoms. The Labute approximate surface area is 181 Å². The van der Waals surface area contributed by atoms with E-state index >= 15 is 0 Å². The molecule has 1 aliphatic rings. The largest absolute Gasteiger partial charge is 0.465 e. The highest BCUT2D eigenvalue weighted by molar-refractivity contribution is 5.92. The molecular weight excluding hydrogens is 384 g/mol. The lowest BCUT2D eigenvalue weighted by atomic mass is 9.75. The van der Waals surface area contributed by atoms with Crippen molar-refractivity contribution in [3.8, 4) is 0 Å². The molecule has 0 spiro atoms. The molecule has 0 aromatic carbocycles. The topological polar surface area (TPSA) is 78.9 Å². The molecule has 1 saturated carbocycles. The minimum absolute atomic E-state index is 0.239. The zero-order chi connectivity index (χ0) is 22.2. The lowest BCUT2D eigenvalue weighted by molar-refractivity contribution is -0.198. The third-order valence-electron chi connectivity index (χ3n) is 5.66. The average Bonchev–Trinajstić information content (AvgIpc) is 2.75. The van der Waals surface area contributed by atoms with Crippen LogP contribution >= 0.6 is 0 Å². The van der Waals surface area contributed by atoms with Gasteiger partial charge in [0.25, 0.3) is 0 Å². The highest BCUT2D eigenvalue weighted by Gasteiger charge is 2.55. The molecule has 1 rings (SSSR count). The molecule has 1 aliphatic carbocycles. The lowest BCUT2D eigenvalue weighted by Crippen LogP contribution is -2.55. The van der Waals surface area contributed by atoms with Crippen LogP contribution in [-0.2, 0) is 28.6 Å². The summed E-state index contributed by atoms with van der Waals surface area (Å²) >= 11 is 0. The van der Waals surface area contributed by atoms with Crippen LogP contribution in [0.2, 0.25) is 0 Å². The van der Waals surface area contributed by atoms with E-state index in [1.165, 1.54) is 25.7 Å². The maximum absolute atomic E-state index is 12.9. The quantitative estimate of drug-likeness (QED) is 0.154. The Morgan fingerprint density at radius 1 is 0.900 bits per heavy atom. The Balaban J connectivity index is 2.70. The third kappa shape index (κ3) is 8.49. The standard InChI is InChI=1S/C24H40O6/c1-4-7-9-10-11-12-15-19-28-22(26)20-16-13-14-17-24(20,30-21(25)6-3)23(27)29-18-8-5-2/h6,20H,3-5,7-19H2,1-2H3. The fourth-order valence-electron chi connectivity index (χ4n) is 3.84. The van der Waals surface area contributed by atoms with Gasteiger partial charge in [-0.1, -0.05) is 71.8 Å². The van der Waals surface area contributed by atoms with Crippen LogP contribution in [0, 0.1) is 5.92 Å². The minimum Gasteiger partial charge on any atom is -0.465 e. The van der Waals surface area contributed by atoms with E-state index in [9.17, 15) is 14.4 Å². The van der Waals surface area contributed by atoms with Gasteiger partial charge in [0.05, 0.1) is 13.2 Å². The van der Waals surface area contributed by atoms with E-state index in [-0.39, 0.29) is 13.0 Å². The number of hydrogen-bond acceptors (Lipinski definition) is 6. The van der Waals surface area contributed by atoms with Crippen LogP contribution in [0.4, 0.5) is 0 Å². The van der Waals surface area contributed by atoms with Gasteiger partial charge in [-0.05, 0) is 32.1 Å². The predicted octanol–water partition coefficient (Wildman–Crippen LogP) is 5.28. The van der Waals surface area contributed by atoms with Gasteiger partial charge >= 0.3 is 17.9 Å². The summed E-state index contributed by atoms with van der Waals surface area (Å²) in [6, 6.07) is 0. The monoisotopic (exact) mass is 424 g/mol. The summed E-state index contributed by atoms with van der Waals surface area (Å²) in [4.78, 5) is 37.8. The Bertz CT molecular complexity index is 544. The molecule has 0 N–H and O–H groups in total. The van der Waals surface area contributed by atoms with Crippen LogP contribution in [-0.4, -0.2) is 36.7 Å². The third-order valence-corrected chi connectivity index (χ3v) is 5.66. The number of unbranched alkanes of at least 4 members (excludes halogenated alkanes) is 7. The Morgan fingerprint density at radius 2 is 1.53 bits per heavy atom. The summed E-state index contributed by atoms with van der Waals surface area (Å²) in [5.41, 5.74) is -1.62. The molecule has 2 unspecified atom stereocenters. The first kappa shape index (κ1) is 26.2. The highest BCUT2D eigenvalue weighted by Crippen LogP contribution is 2.39. The normalized spacial score (nSPS) is 20.9. The fraction of sp³-hybridized carbons (Fsp3) is 0.792. The van der Waals surface area contributed by atoms with Gasteiger partial charge in [0, 0.05) is 6.08 Å². The maximum Gasteiger partial charge on any atom is 0.351 e. The highest BCUT2D eigenvalue weighted by atomic mass is 16.6. The zero-order valence-corrected chi connectivity index (χ0v) is 18.9. The van der Waals surface area contributed by atoms with Crippen molar-refractivity contribution in [2.45, 2.75) is 103 Å². The summed E-state index contributed by atoms with van der Waals surface area (Å²) in [5, 5.41) is 0. The van der Waals surface area contributed by atoms with E-state index < -0.39 is 29.4 Å². The van der Waals surface area contributed by atoms with Crippen LogP contribution in [0.1, 0.15) is 97.3 Å². The summed E-state index contributed by atoms with van der Waals surface area (Å²) in [6.45, 7) is 8.16. The van der Waals surface area contributed by atoms with E-state index in [0.29, 0.717) is 25.9 Å². The molecule has 0 aliphatic heterocycles. The molecule has 0 heterocycles. The van der Waals surface area contributed by atoms with Gasteiger partial charge in [-0.25, -0.2) is 9.59 Å². The number of carbonyl (C=O) groups is 3. The Morgan fingerprint density at radius 3 is 2.20 bits per heavy atom. The first-order chi connectivity index (χ1) is 14.5. The Hall–Kier alpha value is -1.85. The number of carbonyl (C=O) groups excluding carboxylic acids is 3. The van der Waals surface area contributed by atoms with Crippen molar-refractivity contribution in [2.24, 2.45) is 5.92 Å². The summed E-state index contributed by atoms with van der Waals surface area (Å²) in [7, 11) is 0. The van der Waals surface area contributed by atoms with Crippen LogP contribution < -0.4 is 0 Å². The van der Waals surface area contributed by atoms with Gasteiger partial charge in [-0.3, -0.25) is 4.79 Å². The van der Waals surface area contributed by atoms with Crippen LogP contribution in [0.3, 0.4) is 0 Å². The second-order valence-corrected chi connectivity index (χ2v) is 8.09. The van der Waals surface area contributed by atoms with Crippen molar-refractivity contribution in [1.29, 1.82) is 0 Å².